The summed E-state index contributed by atoms with van der Waals surface area (Å²) in [5, 5.41) is 30.9. The van der Waals surface area contributed by atoms with Crippen LogP contribution in [0.4, 0.5) is 0 Å². The van der Waals surface area contributed by atoms with Gasteiger partial charge in [-0.1, -0.05) is 30.3 Å². The monoisotopic (exact) mass is 279 g/mol. The van der Waals surface area contributed by atoms with Crippen molar-refractivity contribution in [3.8, 4) is 0 Å². The van der Waals surface area contributed by atoms with Crippen LogP contribution in [0.25, 0.3) is 0 Å². The van der Waals surface area contributed by atoms with Crippen molar-refractivity contribution in [2.75, 3.05) is 6.61 Å². The first kappa shape index (κ1) is 14.5. The molecule has 20 heavy (non-hydrogen) atoms. The first-order valence-corrected chi connectivity index (χ1v) is 6.31. The quantitative estimate of drug-likeness (QED) is 0.630. The van der Waals surface area contributed by atoms with Gasteiger partial charge in [0.15, 0.2) is 0 Å². The Hall–Kier alpha value is -1.92. The zero-order chi connectivity index (χ0) is 14.9. The molecule has 2 rings (SSSR count). The zero-order valence-electron chi connectivity index (χ0n) is 11.0. The van der Waals surface area contributed by atoms with Crippen molar-refractivity contribution in [3.63, 3.8) is 0 Å². The largest absolute Gasteiger partial charge is 0.480 e. The first-order valence-electron chi connectivity index (χ1n) is 6.31. The Balaban J connectivity index is 2.50. The summed E-state index contributed by atoms with van der Waals surface area (Å²) < 4.78 is 0. The highest BCUT2D eigenvalue weighted by molar-refractivity contribution is 5.84. The van der Waals surface area contributed by atoms with Gasteiger partial charge in [0.25, 0.3) is 0 Å². The fourth-order valence-corrected chi connectivity index (χ4v) is 2.94. The molecule has 6 heteroatoms. The van der Waals surface area contributed by atoms with Gasteiger partial charge < -0.3 is 15.3 Å². The molecule has 0 unspecified atom stereocenters. The van der Waals surface area contributed by atoms with E-state index in [1.165, 1.54) is 6.92 Å². The molecule has 108 valence electrons. The van der Waals surface area contributed by atoms with E-state index >= 15 is 0 Å². The number of hydrogen-bond donors (Lipinski definition) is 4. The number of rotatable bonds is 4. The summed E-state index contributed by atoms with van der Waals surface area (Å²) in [6.45, 7) is 1.01. The van der Waals surface area contributed by atoms with Crippen LogP contribution in [0, 0.1) is 5.92 Å². The summed E-state index contributed by atoms with van der Waals surface area (Å²) in [6.07, 6.45) is 0. The van der Waals surface area contributed by atoms with Crippen molar-refractivity contribution in [2.45, 2.75) is 24.4 Å². The SMILES string of the molecule is C[C@@]1(C(=O)O)N[C@H](C(=O)O)[C@@H](c2ccccc2)[C@@H]1CO. The maximum Gasteiger partial charge on any atom is 0.324 e. The fraction of sp³-hybridized carbons (Fsp3) is 0.429. The summed E-state index contributed by atoms with van der Waals surface area (Å²) in [4.78, 5) is 22.9. The summed E-state index contributed by atoms with van der Waals surface area (Å²) in [7, 11) is 0. The van der Waals surface area contributed by atoms with Crippen molar-refractivity contribution in [1.82, 2.24) is 5.32 Å². The Morgan fingerprint density at radius 1 is 1.25 bits per heavy atom. The molecule has 6 nitrogen and oxygen atoms in total. The number of hydrogen-bond acceptors (Lipinski definition) is 4. The molecule has 0 aromatic heterocycles. The lowest BCUT2D eigenvalue weighted by Gasteiger charge is -2.28. The molecule has 0 spiro atoms. The van der Waals surface area contributed by atoms with E-state index in [9.17, 15) is 24.9 Å². The number of benzene rings is 1. The first-order chi connectivity index (χ1) is 9.41. The molecule has 0 aliphatic carbocycles. The van der Waals surface area contributed by atoms with Crippen LogP contribution < -0.4 is 5.32 Å². The lowest BCUT2D eigenvalue weighted by Crippen LogP contribution is -2.53. The molecule has 4 atom stereocenters. The third kappa shape index (κ3) is 2.17. The van der Waals surface area contributed by atoms with Crippen LogP contribution in [0.2, 0.25) is 0 Å². The van der Waals surface area contributed by atoms with E-state index in [0.29, 0.717) is 5.56 Å². The molecule has 0 radical (unpaired) electrons. The number of carboxylic acids is 2. The van der Waals surface area contributed by atoms with E-state index in [2.05, 4.69) is 5.32 Å². The molecule has 1 fully saturated rings. The standard InChI is InChI=1S/C14H17NO5/c1-14(13(19)20)9(7-16)10(11(15-14)12(17)18)8-5-3-2-4-6-8/h2-6,9-11,15-16H,7H2,1H3,(H,17,18)(H,19,20)/t9-,10-,11-,14+/m0/s1. The molecule has 0 saturated carbocycles. The predicted octanol–water partition coefficient (Wildman–Crippen LogP) is 0.278. The molecule has 4 N–H and O–H groups in total. The maximum atomic E-state index is 11.5. The summed E-state index contributed by atoms with van der Waals surface area (Å²) in [5.74, 6) is -3.60. The second-order valence-corrected chi connectivity index (χ2v) is 5.19. The third-order valence-electron chi connectivity index (χ3n) is 4.08. The Labute approximate surface area is 116 Å². The Morgan fingerprint density at radius 3 is 2.30 bits per heavy atom. The molecular formula is C14H17NO5. The van der Waals surface area contributed by atoms with Gasteiger partial charge in [0, 0.05) is 18.4 Å². The smallest absolute Gasteiger partial charge is 0.324 e. The van der Waals surface area contributed by atoms with Gasteiger partial charge in [0.2, 0.25) is 0 Å². The Bertz CT molecular complexity index is 518. The van der Waals surface area contributed by atoms with E-state index in [-0.39, 0.29) is 0 Å². The minimum Gasteiger partial charge on any atom is -0.480 e. The lowest BCUT2D eigenvalue weighted by molar-refractivity contribution is -0.146. The second kappa shape index (κ2) is 5.22. The topological polar surface area (TPSA) is 107 Å². The number of aliphatic carboxylic acids is 2. The summed E-state index contributed by atoms with van der Waals surface area (Å²) >= 11 is 0. The van der Waals surface area contributed by atoms with Crippen molar-refractivity contribution in [2.24, 2.45) is 5.92 Å². The molecule has 1 aromatic carbocycles. The van der Waals surface area contributed by atoms with Crippen molar-refractivity contribution in [1.29, 1.82) is 0 Å². The fourth-order valence-electron chi connectivity index (χ4n) is 2.94. The van der Waals surface area contributed by atoms with Gasteiger partial charge >= 0.3 is 11.9 Å². The number of carbonyl (C=O) groups is 2. The Kier molecular flexibility index (Phi) is 3.78. The van der Waals surface area contributed by atoms with Crippen molar-refractivity contribution < 1.29 is 24.9 Å². The van der Waals surface area contributed by atoms with E-state index in [1.54, 1.807) is 30.3 Å². The minimum atomic E-state index is -1.47. The van der Waals surface area contributed by atoms with Gasteiger partial charge in [0.1, 0.15) is 11.6 Å². The van der Waals surface area contributed by atoms with Crippen molar-refractivity contribution in [3.05, 3.63) is 35.9 Å². The molecule has 1 aliphatic rings. The number of aliphatic hydroxyl groups excluding tert-OH is 1. The van der Waals surface area contributed by atoms with Crippen LogP contribution >= 0.6 is 0 Å². The average Bonchev–Trinajstić information content (AvgIpc) is 2.74. The van der Waals surface area contributed by atoms with Crippen LogP contribution in [-0.4, -0.2) is 45.4 Å². The van der Waals surface area contributed by atoms with Gasteiger partial charge in [-0.25, -0.2) is 0 Å². The normalized spacial score (nSPS) is 33.0. The molecule has 0 bridgehead atoms. The molecule has 0 amide bonds. The van der Waals surface area contributed by atoms with Crippen LogP contribution in [-0.2, 0) is 9.59 Å². The Morgan fingerprint density at radius 2 is 1.85 bits per heavy atom. The minimum absolute atomic E-state index is 0.404. The van der Waals surface area contributed by atoms with Gasteiger partial charge in [0.05, 0.1) is 0 Å². The highest BCUT2D eigenvalue weighted by Gasteiger charge is 2.57. The number of carboxylic acid groups (broad SMARTS) is 2. The van der Waals surface area contributed by atoms with E-state index in [1.807, 2.05) is 0 Å². The zero-order valence-corrected chi connectivity index (χ0v) is 11.0. The third-order valence-corrected chi connectivity index (χ3v) is 4.08. The van der Waals surface area contributed by atoms with Crippen LogP contribution in [0.5, 0.6) is 0 Å². The molecule has 1 saturated heterocycles. The van der Waals surface area contributed by atoms with E-state index in [4.69, 9.17) is 0 Å². The lowest BCUT2D eigenvalue weighted by atomic mass is 9.77. The maximum absolute atomic E-state index is 11.5. The van der Waals surface area contributed by atoms with Crippen molar-refractivity contribution >= 4 is 11.9 Å². The van der Waals surface area contributed by atoms with Crippen LogP contribution in [0.15, 0.2) is 30.3 Å². The highest BCUT2D eigenvalue weighted by atomic mass is 16.4. The van der Waals surface area contributed by atoms with Gasteiger partial charge in [-0.3, -0.25) is 14.9 Å². The number of nitrogens with one attached hydrogen (secondary N) is 1. The van der Waals surface area contributed by atoms with Gasteiger partial charge in [-0.2, -0.15) is 0 Å². The summed E-state index contributed by atoms with van der Waals surface area (Å²) in [5.41, 5.74) is -0.769. The van der Waals surface area contributed by atoms with Crippen LogP contribution in [0.1, 0.15) is 18.4 Å². The van der Waals surface area contributed by atoms with Crippen LogP contribution in [0.3, 0.4) is 0 Å². The summed E-state index contributed by atoms with van der Waals surface area (Å²) in [6, 6.07) is 7.78. The average molecular weight is 279 g/mol. The van der Waals surface area contributed by atoms with Gasteiger partial charge in [-0.05, 0) is 12.5 Å². The molecule has 1 aliphatic heterocycles. The number of aliphatic hydroxyl groups is 1. The highest BCUT2D eigenvalue weighted by Crippen LogP contribution is 2.42. The van der Waals surface area contributed by atoms with E-state index in [0.717, 1.165) is 0 Å². The molecule has 1 heterocycles. The molecule has 1 aromatic rings. The van der Waals surface area contributed by atoms with Gasteiger partial charge in [-0.15, -0.1) is 0 Å². The second-order valence-electron chi connectivity index (χ2n) is 5.19. The predicted molar refractivity (Wildman–Crippen MR) is 70.4 cm³/mol. The molecular weight excluding hydrogens is 262 g/mol. The van der Waals surface area contributed by atoms with E-state index < -0.39 is 42.0 Å².